The topological polar surface area (TPSA) is 121 Å². The van der Waals surface area contributed by atoms with Crippen molar-refractivity contribution in [3.05, 3.63) is 75.9 Å². The molecule has 3 heterocycles. The van der Waals surface area contributed by atoms with Gasteiger partial charge in [0.2, 0.25) is 0 Å². The molecule has 4 aromatic rings. The highest BCUT2D eigenvalue weighted by atomic mass is 35.5. The number of aromatic nitrogens is 7. The minimum Gasteiger partial charge on any atom is -0.382 e. The number of hydrogen-bond donors (Lipinski definition) is 1. The number of nitrogens with zero attached hydrogens (tertiary/aromatic N) is 7. The number of pyridine rings is 1. The zero-order valence-electron chi connectivity index (χ0n) is 19.4. The molecule has 0 aliphatic rings. The van der Waals surface area contributed by atoms with Crippen molar-refractivity contribution in [2.75, 3.05) is 0 Å². The van der Waals surface area contributed by atoms with Crippen LogP contribution in [0.15, 0.2) is 53.7 Å². The Morgan fingerprint density at radius 3 is 2.54 bits per heavy atom. The van der Waals surface area contributed by atoms with Crippen LogP contribution < -0.4 is 5.69 Å². The van der Waals surface area contributed by atoms with Crippen LogP contribution in [0.1, 0.15) is 24.9 Å². The van der Waals surface area contributed by atoms with E-state index in [2.05, 4.69) is 20.2 Å². The van der Waals surface area contributed by atoms with E-state index in [4.69, 9.17) is 11.6 Å². The fraction of sp³-hybridized carbons (Fsp3) is 0.304. The van der Waals surface area contributed by atoms with Crippen LogP contribution in [0.4, 0.5) is 13.2 Å². The Labute approximate surface area is 213 Å². The zero-order chi connectivity index (χ0) is 26.7. The SMILES string of the molecule is CCC(=O)Cc1ncccc1-n1cnc(Cn2nc(-c3ccc(Cl)cc3)n(C[C@H](O)C(F)(F)F)c2=O)n1. The second-order valence-corrected chi connectivity index (χ2v) is 8.52. The number of rotatable bonds is 9. The van der Waals surface area contributed by atoms with Gasteiger partial charge in [0.05, 0.1) is 24.3 Å². The Kier molecular flexibility index (Phi) is 7.55. The Balaban J connectivity index is 1.68. The van der Waals surface area contributed by atoms with Crippen molar-refractivity contribution in [1.29, 1.82) is 0 Å². The number of aliphatic hydroxyl groups is 1. The summed E-state index contributed by atoms with van der Waals surface area (Å²) >= 11 is 5.90. The third-order valence-electron chi connectivity index (χ3n) is 5.46. The monoisotopic (exact) mass is 535 g/mol. The van der Waals surface area contributed by atoms with Crippen LogP contribution >= 0.6 is 11.6 Å². The van der Waals surface area contributed by atoms with Crippen LogP contribution in [0.2, 0.25) is 5.02 Å². The Morgan fingerprint density at radius 2 is 1.86 bits per heavy atom. The molecule has 0 saturated carbocycles. The van der Waals surface area contributed by atoms with E-state index in [0.717, 1.165) is 9.25 Å². The molecule has 0 spiro atoms. The lowest BCUT2D eigenvalue weighted by atomic mass is 10.1. The minimum absolute atomic E-state index is 0.00634. The first kappa shape index (κ1) is 26.2. The molecule has 14 heteroatoms. The summed E-state index contributed by atoms with van der Waals surface area (Å²) in [5.74, 6) is 0.0487. The number of carbonyl (C=O) groups is 1. The third-order valence-corrected chi connectivity index (χ3v) is 5.71. The number of aliphatic hydroxyl groups excluding tert-OH is 1. The average Bonchev–Trinajstić information content (AvgIpc) is 3.44. The van der Waals surface area contributed by atoms with E-state index in [1.807, 2.05) is 0 Å². The first-order valence-electron chi connectivity index (χ1n) is 11.1. The van der Waals surface area contributed by atoms with E-state index < -0.39 is 24.5 Å². The number of hydrogen-bond acceptors (Lipinski definition) is 7. The fourth-order valence-corrected chi connectivity index (χ4v) is 3.63. The van der Waals surface area contributed by atoms with Gasteiger partial charge in [-0.05, 0) is 36.4 Å². The lowest BCUT2D eigenvalue weighted by molar-refractivity contribution is -0.207. The maximum atomic E-state index is 13.0. The van der Waals surface area contributed by atoms with Crippen molar-refractivity contribution in [2.45, 2.75) is 45.1 Å². The van der Waals surface area contributed by atoms with Crippen molar-refractivity contribution in [2.24, 2.45) is 0 Å². The van der Waals surface area contributed by atoms with Gasteiger partial charge in [-0.25, -0.2) is 19.1 Å². The standard InChI is InChI=1S/C23H21ClF3N7O3/c1-2-16(35)10-17-18(4-3-9-28-17)34-13-29-20(30-34)12-33-22(37)32(11-19(36)23(25,26)27)21(31-33)14-5-7-15(24)8-6-14/h3-9,13,19,36H,2,10-12H2,1H3/t19-/m0/s1. The van der Waals surface area contributed by atoms with E-state index in [1.54, 1.807) is 25.3 Å². The number of ketones is 1. The molecular weight excluding hydrogens is 515 g/mol. The number of benzene rings is 1. The van der Waals surface area contributed by atoms with E-state index in [1.165, 1.54) is 35.3 Å². The van der Waals surface area contributed by atoms with E-state index in [-0.39, 0.29) is 30.4 Å². The first-order chi connectivity index (χ1) is 17.6. The summed E-state index contributed by atoms with van der Waals surface area (Å²) in [5.41, 5.74) is 0.461. The smallest absolute Gasteiger partial charge is 0.382 e. The zero-order valence-corrected chi connectivity index (χ0v) is 20.2. The molecule has 1 N–H and O–H groups in total. The van der Waals surface area contributed by atoms with Gasteiger partial charge < -0.3 is 5.11 Å². The molecule has 0 unspecified atom stereocenters. The molecule has 10 nitrogen and oxygen atoms in total. The van der Waals surface area contributed by atoms with Gasteiger partial charge in [-0.3, -0.25) is 14.3 Å². The first-order valence-corrected chi connectivity index (χ1v) is 11.5. The molecule has 0 saturated heterocycles. The molecule has 1 aromatic carbocycles. The van der Waals surface area contributed by atoms with Crippen LogP contribution in [0, 0.1) is 0 Å². The van der Waals surface area contributed by atoms with Gasteiger partial charge in [0.25, 0.3) is 0 Å². The minimum atomic E-state index is -4.93. The molecular formula is C23H21ClF3N7O3. The van der Waals surface area contributed by atoms with Gasteiger partial charge >= 0.3 is 11.9 Å². The predicted octanol–water partition coefficient (Wildman–Crippen LogP) is 2.83. The maximum Gasteiger partial charge on any atom is 0.416 e. The van der Waals surface area contributed by atoms with E-state index in [9.17, 15) is 27.9 Å². The van der Waals surface area contributed by atoms with Gasteiger partial charge in [0.1, 0.15) is 18.7 Å². The summed E-state index contributed by atoms with van der Waals surface area (Å²) in [5, 5.41) is 18.5. The van der Waals surface area contributed by atoms with Crippen molar-refractivity contribution < 1.29 is 23.1 Å². The predicted molar refractivity (Wildman–Crippen MR) is 126 cm³/mol. The number of halogens is 4. The lowest BCUT2D eigenvalue weighted by Gasteiger charge is -2.15. The summed E-state index contributed by atoms with van der Waals surface area (Å²) in [6.07, 6.45) is -4.32. The highest BCUT2D eigenvalue weighted by Crippen LogP contribution is 2.24. The number of Topliss-reactive ketones (excluding diaryl/α,β-unsaturated/α-hetero) is 1. The molecule has 0 radical (unpaired) electrons. The Morgan fingerprint density at radius 1 is 1.14 bits per heavy atom. The third kappa shape index (κ3) is 5.94. The summed E-state index contributed by atoms with van der Waals surface area (Å²) in [7, 11) is 0. The van der Waals surface area contributed by atoms with Gasteiger partial charge in [0.15, 0.2) is 17.8 Å². The number of alkyl halides is 3. The van der Waals surface area contributed by atoms with Crippen molar-refractivity contribution in [3.8, 4) is 17.1 Å². The molecule has 0 aliphatic carbocycles. The molecule has 1 atom stereocenters. The molecule has 194 valence electrons. The summed E-state index contributed by atoms with van der Waals surface area (Å²) in [6, 6.07) is 9.39. The van der Waals surface area contributed by atoms with Crippen LogP contribution in [0.5, 0.6) is 0 Å². The van der Waals surface area contributed by atoms with Crippen LogP contribution in [-0.2, 0) is 24.3 Å². The second kappa shape index (κ2) is 10.6. The highest BCUT2D eigenvalue weighted by molar-refractivity contribution is 6.30. The van der Waals surface area contributed by atoms with Gasteiger partial charge in [0, 0.05) is 23.2 Å². The lowest BCUT2D eigenvalue weighted by Crippen LogP contribution is -2.37. The molecule has 0 bridgehead atoms. The van der Waals surface area contributed by atoms with Crippen molar-refractivity contribution >= 4 is 17.4 Å². The highest BCUT2D eigenvalue weighted by Gasteiger charge is 2.39. The van der Waals surface area contributed by atoms with E-state index >= 15 is 0 Å². The van der Waals surface area contributed by atoms with Crippen molar-refractivity contribution in [1.82, 2.24) is 34.1 Å². The van der Waals surface area contributed by atoms with Crippen LogP contribution in [-0.4, -0.2) is 57.3 Å². The summed E-state index contributed by atoms with van der Waals surface area (Å²) < 4.78 is 42.2. The maximum absolute atomic E-state index is 13.0. The average molecular weight is 536 g/mol. The van der Waals surface area contributed by atoms with Crippen LogP contribution in [0.25, 0.3) is 17.1 Å². The molecule has 3 aromatic heterocycles. The van der Waals surface area contributed by atoms with Crippen molar-refractivity contribution in [3.63, 3.8) is 0 Å². The quantitative estimate of drug-likeness (QED) is 0.350. The molecule has 0 aliphatic heterocycles. The normalized spacial score (nSPS) is 12.6. The second-order valence-electron chi connectivity index (χ2n) is 8.08. The van der Waals surface area contributed by atoms with Crippen LogP contribution in [0.3, 0.4) is 0 Å². The summed E-state index contributed by atoms with van der Waals surface area (Å²) in [4.78, 5) is 33.4. The Hall–Kier alpha value is -3.84. The Bertz CT molecular complexity index is 1460. The summed E-state index contributed by atoms with van der Waals surface area (Å²) in [6.45, 7) is 0.444. The molecule has 4 rings (SSSR count). The van der Waals surface area contributed by atoms with E-state index in [0.29, 0.717) is 28.4 Å². The van der Waals surface area contributed by atoms with Gasteiger partial charge in [-0.2, -0.15) is 13.2 Å². The molecule has 37 heavy (non-hydrogen) atoms. The van der Waals surface area contributed by atoms with Gasteiger partial charge in [-0.1, -0.05) is 18.5 Å². The molecule has 0 fully saturated rings. The largest absolute Gasteiger partial charge is 0.416 e. The fourth-order valence-electron chi connectivity index (χ4n) is 3.50. The molecule has 0 amide bonds. The van der Waals surface area contributed by atoms with Gasteiger partial charge in [-0.15, -0.1) is 10.2 Å². The number of carbonyl (C=O) groups excluding carboxylic acids is 1.